The highest BCUT2D eigenvalue weighted by Gasteiger charge is 2.16. The minimum Gasteiger partial charge on any atom is -0.493 e. The standard InChI is InChI=1S/C16H16N2O5/c1-4-23-16(20)9-18-12-7-14(22-3)13(21-2)6-11(12)10(8-17)5-15(18)19/h5-7H,4,9H2,1-3H3. The molecule has 0 aliphatic rings. The third-order valence-corrected chi connectivity index (χ3v) is 3.33. The van der Waals surface area contributed by atoms with Crippen molar-refractivity contribution in [2.75, 3.05) is 20.8 Å². The summed E-state index contributed by atoms with van der Waals surface area (Å²) in [5.74, 6) is 0.292. The molecular formula is C16H16N2O5. The van der Waals surface area contributed by atoms with Crippen molar-refractivity contribution in [2.24, 2.45) is 0 Å². The van der Waals surface area contributed by atoms with Gasteiger partial charge in [-0.2, -0.15) is 5.26 Å². The van der Waals surface area contributed by atoms with Crippen LogP contribution in [-0.4, -0.2) is 31.4 Å². The SMILES string of the molecule is CCOC(=O)Cn1c(=O)cc(C#N)c2cc(OC)c(OC)cc21. The fourth-order valence-corrected chi connectivity index (χ4v) is 2.30. The maximum Gasteiger partial charge on any atom is 0.326 e. The molecule has 7 nitrogen and oxygen atoms in total. The minimum atomic E-state index is -0.532. The summed E-state index contributed by atoms with van der Waals surface area (Å²) in [5, 5.41) is 9.74. The predicted octanol–water partition coefficient (Wildman–Crippen LogP) is 1.45. The van der Waals surface area contributed by atoms with E-state index in [1.165, 1.54) is 24.9 Å². The first-order chi connectivity index (χ1) is 11.0. The Hall–Kier alpha value is -3.01. The average Bonchev–Trinajstić information content (AvgIpc) is 2.56. The van der Waals surface area contributed by atoms with E-state index in [9.17, 15) is 14.9 Å². The van der Waals surface area contributed by atoms with Gasteiger partial charge >= 0.3 is 5.97 Å². The van der Waals surface area contributed by atoms with Gasteiger partial charge in [-0.25, -0.2) is 0 Å². The molecule has 0 radical (unpaired) electrons. The van der Waals surface area contributed by atoms with Crippen LogP contribution in [0.3, 0.4) is 0 Å². The number of nitrogens with zero attached hydrogens (tertiary/aromatic N) is 2. The molecule has 0 unspecified atom stereocenters. The minimum absolute atomic E-state index is 0.200. The van der Waals surface area contributed by atoms with Crippen LogP contribution >= 0.6 is 0 Å². The van der Waals surface area contributed by atoms with Crippen molar-refractivity contribution in [2.45, 2.75) is 13.5 Å². The van der Waals surface area contributed by atoms with Crippen LogP contribution in [0, 0.1) is 11.3 Å². The van der Waals surface area contributed by atoms with Crippen molar-refractivity contribution < 1.29 is 19.0 Å². The Kier molecular flexibility index (Phi) is 4.86. The normalized spacial score (nSPS) is 10.2. The van der Waals surface area contributed by atoms with Gasteiger partial charge in [-0.1, -0.05) is 0 Å². The number of esters is 1. The predicted molar refractivity (Wildman–Crippen MR) is 82.7 cm³/mol. The molecule has 0 bridgehead atoms. The molecule has 23 heavy (non-hydrogen) atoms. The van der Waals surface area contributed by atoms with E-state index in [-0.39, 0.29) is 18.7 Å². The highest BCUT2D eigenvalue weighted by atomic mass is 16.5. The number of aromatic nitrogens is 1. The Labute approximate surface area is 132 Å². The van der Waals surface area contributed by atoms with E-state index in [0.29, 0.717) is 22.4 Å². The molecule has 0 saturated heterocycles. The van der Waals surface area contributed by atoms with Gasteiger partial charge in [0.25, 0.3) is 5.56 Å². The second-order valence-corrected chi connectivity index (χ2v) is 4.62. The molecule has 0 amide bonds. The van der Waals surface area contributed by atoms with E-state index >= 15 is 0 Å². The van der Waals surface area contributed by atoms with Gasteiger partial charge in [0, 0.05) is 17.5 Å². The molecule has 0 aliphatic heterocycles. The van der Waals surface area contributed by atoms with Gasteiger partial charge in [0.1, 0.15) is 12.6 Å². The van der Waals surface area contributed by atoms with Crippen molar-refractivity contribution in [3.8, 4) is 17.6 Å². The average molecular weight is 316 g/mol. The number of carbonyl (C=O) groups is 1. The lowest BCUT2D eigenvalue weighted by Gasteiger charge is -2.14. The van der Waals surface area contributed by atoms with E-state index in [4.69, 9.17) is 14.2 Å². The van der Waals surface area contributed by atoms with Crippen LogP contribution in [0.5, 0.6) is 11.5 Å². The molecular weight excluding hydrogens is 300 g/mol. The summed E-state index contributed by atoms with van der Waals surface area (Å²) in [5.41, 5.74) is 0.139. The number of pyridine rings is 1. The molecule has 0 spiro atoms. The maximum atomic E-state index is 12.2. The lowest BCUT2D eigenvalue weighted by atomic mass is 10.1. The number of nitriles is 1. The van der Waals surface area contributed by atoms with E-state index in [1.807, 2.05) is 6.07 Å². The molecule has 7 heteroatoms. The number of hydrogen-bond acceptors (Lipinski definition) is 6. The summed E-state index contributed by atoms with van der Waals surface area (Å²) < 4.78 is 16.6. The Balaban J connectivity index is 2.76. The summed E-state index contributed by atoms with van der Waals surface area (Å²) in [7, 11) is 2.94. The molecule has 1 aromatic heterocycles. The lowest BCUT2D eigenvalue weighted by molar-refractivity contribution is -0.143. The third kappa shape index (κ3) is 3.11. The topological polar surface area (TPSA) is 90.6 Å². The van der Waals surface area contributed by atoms with Gasteiger partial charge in [0.05, 0.1) is 31.9 Å². The highest BCUT2D eigenvalue weighted by molar-refractivity contribution is 5.89. The smallest absolute Gasteiger partial charge is 0.326 e. The van der Waals surface area contributed by atoms with Crippen LogP contribution in [0.2, 0.25) is 0 Å². The van der Waals surface area contributed by atoms with E-state index in [0.717, 1.165) is 0 Å². The molecule has 0 fully saturated rings. The fourth-order valence-electron chi connectivity index (χ4n) is 2.30. The summed E-state index contributed by atoms with van der Waals surface area (Å²) in [6.07, 6.45) is 0. The van der Waals surface area contributed by atoms with Gasteiger partial charge < -0.3 is 14.2 Å². The molecule has 2 aromatic rings. The molecule has 1 aromatic carbocycles. The van der Waals surface area contributed by atoms with Crippen molar-refractivity contribution in [1.82, 2.24) is 4.57 Å². The van der Waals surface area contributed by atoms with Crippen LogP contribution in [0.25, 0.3) is 10.9 Å². The van der Waals surface area contributed by atoms with Crippen LogP contribution in [0.15, 0.2) is 23.0 Å². The first-order valence-electron chi connectivity index (χ1n) is 6.91. The Morgan fingerprint density at radius 1 is 1.22 bits per heavy atom. The Morgan fingerprint density at radius 2 is 1.87 bits per heavy atom. The fraction of sp³-hybridized carbons (Fsp3) is 0.312. The maximum absolute atomic E-state index is 12.2. The number of hydrogen-bond donors (Lipinski definition) is 0. The quantitative estimate of drug-likeness (QED) is 0.776. The zero-order valence-corrected chi connectivity index (χ0v) is 13.1. The Morgan fingerprint density at radius 3 is 2.43 bits per heavy atom. The van der Waals surface area contributed by atoms with Crippen LogP contribution in [-0.2, 0) is 16.1 Å². The van der Waals surface area contributed by atoms with Gasteiger partial charge in [-0.3, -0.25) is 14.2 Å². The lowest BCUT2D eigenvalue weighted by Crippen LogP contribution is -2.25. The Bertz CT molecular complexity index is 848. The summed E-state index contributed by atoms with van der Waals surface area (Å²) >= 11 is 0. The van der Waals surface area contributed by atoms with Crippen LogP contribution in [0.1, 0.15) is 12.5 Å². The monoisotopic (exact) mass is 316 g/mol. The first-order valence-corrected chi connectivity index (χ1v) is 6.91. The van der Waals surface area contributed by atoms with Gasteiger partial charge in [-0.15, -0.1) is 0 Å². The zero-order valence-electron chi connectivity index (χ0n) is 13.1. The van der Waals surface area contributed by atoms with E-state index < -0.39 is 11.5 Å². The molecule has 0 N–H and O–H groups in total. The van der Waals surface area contributed by atoms with Gasteiger partial charge in [0.2, 0.25) is 0 Å². The van der Waals surface area contributed by atoms with E-state index in [2.05, 4.69) is 0 Å². The molecule has 1 heterocycles. The zero-order chi connectivity index (χ0) is 17.0. The largest absolute Gasteiger partial charge is 0.493 e. The van der Waals surface area contributed by atoms with Crippen LogP contribution in [0.4, 0.5) is 0 Å². The highest BCUT2D eigenvalue weighted by Crippen LogP contribution is 2.32. The summed E-state index contributed by atoms with van der Waals surface area (Å²) in [6, 6.07) is 6.34. The van der Waals surface area contributed by atoms with Gasteiger partial charge in [0.15, 0.2) is 11.5 Å². The second-order valence-electron chi connectivity index (χ2n) is 4.62. The van der Waals surface area contributed by atoms with Crippen LogP contribution < -0.4 is 15.0 Å². The molecule has 0 atom stereocenters. The summed E-state index contributed by atoms with van der Waals surface area (Å²) in [6.45, 7) is 1.66. The molecule has 0 saturated carbocycles. The van der Waals surface area contributed by atoms with Crippen molar-refractivity contribution in [1.29, 1.82) is 5.26 Å². The number of carbonyl (C=O) groups excluding carboxylic acids is 1. The molecule has 120 valence electrons. The van der Waals surface area contributed by atoms with Crippen molar-refractivity contribution >= 4 is 16.9 Å². The number of methoxy groups -OCH3 is 2. The number of rotatable bonds is 5. The molecule has 0 aliphatic carbocycles. The number of fused-ring (bicyclic) bond motifs is 1. The third-order valence-electron chi connectivity index (χ3n) is 3.33. The van der Waals surface area contributed by atoms with Gasteiger partial charge in [-0.05, 0) is 13.0 Å². The van der Waals surface area contributed by atoms with E-state index in [1.54, 1.807) is 19.1 Å². The number of ether oxygens (including phenoxy) is 3. The number of benzene rings is 1. The second kappa shape index (κ2) is 6.83. The first kappa shape index (κ1) is 16.4. The summed E-state index contributed by atoms with van der Waals surface area (Å²) in [4.78, 5) is 24.0. The molecule has 2 rings (SSSR count). The van der Waals surface area contributed by atoms with Crippen molar-refractivity contribution in [3.63, 3.8) is 0 Å². The van der Waals surface area contributed by atoms with Crippen molar-refractivity contribution in [3.05, 3.63) is 34.1 Å².